The number of hydrogen-bond acceptors (Lipinski definition) is 2. The van der Waals surface area contributed by atoms with Crippen molar-refractivity contribution in [2.45, 2.75) is 103 Å². The third-order valence-corrected chi connectivity index (χ3v) is 5.97. The standard InChI is InChI=1S/C19H38N2/c1-5-6-7-8-11-17(4)21-15-19(12-9-10-13-19)20-14-18(21)16(2)3/h16-18,20H,5-15H2,1-4H3. The van der Waals surface area contributed by atoms with Crippen LogP contribution in [0.1, 0.15) is 85.5 Å². The van der Waals surface area contributed by atoms with Crippen LogP contribution in [0.2, 0.25) is 0 Å². The van der Waals surface area contributed by atoms with Crippen molar-refractivity contribution in [3.05, 3.63) is 0 Å². The van der Waals surface area contributed by atoms with Crippen molar-refractivity contribution in [1.29, 1.82) is 0 Å². The van der Waals surface area contributed by atoms with Gasteiger partial charge >= 0.3 is 0 Å². The summed E-state index contributed by atoms with van der Waals surface area (Å²) < 4.78 is 0. The molecule has 2 heteroatoms. The van der Waals surface area contributed by atoms with E-state index in [1.165, 1.54) is 70.9 Å². The molecule has 1 spiro atoms. The minimum absolute atomic E-state index is 0.461. The molecule has 0 amide bonds. The molecule has 1 N–H and O–H groups in total. The lowest BCUT2D eigenvalue weighted by Gasteiger charge is -2.50. The molecule has 1 heterocycles. The predicted octanol–water partition coefficient (Wildman–Crippen LogP) is 4.59. The van der Waals surface area contributed by atoms with Crippen LogP contribution in [0.15, 0.2) is 0 Å². The lowest BCUT2D eigenvalue weighted by molar-refractivity contribution is 0.0240. The maximum atomic E-state index is 3.95. The highest BCUT2D eigenvalue weighted by Gasteiger charge is 2.42. The van der Waals surface area contributed by atoms with Gasteiger partial charge in [-0.05, 0) is 32.1 Å². The summed E-state index contributed by atoms with van der Waals surface area (Å²) in [6, 6.07) is 1.49. The zero-order valence-corrected chi connectivity index (χ0v) is 15.0. The maximum Gasteiger partial charge on any atom is 0.0309 e. The Bertz CT molecular complexity index is 294. The second-order valence-electron chi connectivity index (χ2n) is 8.05. The molecule has 21 heavy (non-hydrogen) atoms. The Kier molecular flexibility index (Phi) is 6.55. The van der Waals surface area contributed by atoms with Crippen LogP contribution in [0.25, 0.3) is 0 Å². The highest BCUT2D eigenvalue weighted by Crippen LogP contribution is 2.35. The summed E-state index contributed by atoms with van der Waals surface area (Å²) in [5.74, 6) is 0.759. The van der Waals surface area contributed by atoms with E-state index >= 15 is 0 Å². The van der Waals surface area contributed by atoms with Gasteiger partial charge in [0.25, 0.3) is 0 Å². The first kappa shape index (κ1) is 17.3. The molecule has 1 saturated heterocycles. The Labute approximate surface area is 133 Å². The molecule has 1 aliphatic carbocycles. The Morgan fingerprint density at radius 3 is 2.43 bits per heavy atom. The van der Waals surface area contributed by atoms with Gasteiger partial charge in [0, 0.05) is 30.7 Å². The van der Waals surface area contributed by atoms with Gasteiger partial charge in [-0.15, -0.1) is 0 Å². The van der Waals surface area contributed by atoms with E-state index in [0.717, 1.165) is 18.0 Å². The topological polar surface area (TPSA) is 15.3 Å². The summed E-state index contributed by atoms with van der Waals surface area (Å²) in [6.45, 7) is 12.1. The molecular weight excluding hydrogens is 256 g/mol. The summed E-state index contributed by atoms with van der Waals surface area (Å²) in [4.78, 5) is 2.87. The predicted molar refractivity (Wildman–Crippen MR) is 92.8 cm³/mol. The lowest BCUT2D eigenvalue weighted by atomic mass is 9.87. The van der Waals surface area contributed by atoms with Gasteiger partial charge in [0.2, 0.25) is 0 Å². The van der Waals surface area contributed by atoms with Crippen molar-refractivity contribution in [3.8, 4) is 0 Å². The molecule has 2 unspecified atom stereocenters. The van der Waals surface area contributed by atoms with Gasteiger partial charge in [0.15, 0.2) is 0 Å². The molecule has 1 aliphatic heterocycles. The molecule has 124 valence electrons. The van der Waals surface area contributed by atoms with Crippen LogP contribution in [-0.2, 0) is 0 Å². The van der Waals surface area contributed by atoms with Crippen molar-refractivity contribution in [1.82, 2.24) is 10.2 Å². The Balaban J connectivity index is 1.93. The van der Waals surface area contributed by atoms with E-state index in [0.29, 0.717) is 5.54 Å². The largest absolute Gasteiger partial charge is 0.308 e. The summed E-state index contributed by atoms with van der Waals surface area (Å²) in [5.41, 5.74) is 0.461. The third-order valence-electron chi connectivity index (χ3n) is 5.97. The molecule has 0 aromatic rings. The number of hydrogen-bond donors (Lipinski definition) is 1. The molecule has 2 rings (SSSR count). The van der Waals surface area contributed by atoms with Gasteiger partial charge < -0.3 is 5.32 Å². The molecule has 0 aromatic carbocycles. The summed E-state index contributed by atoms with van der Waals surface area (Å²) >= 11 is 0. The number of piperazine rings is 1. The fourth-order valence-corrected chi connectivity index (χ4v) is 4.48. The zero-order valence-electron chi connectivity index (χ0n) is 15.0. The van der Waals surface area contributed by atoms with Crippen molar-refractivity contribution in [2.24, 2.45) is 5.92 Å². The highest BCUT2D eigenvalue weighted by atomic mass is 15.3. The summed E-state index contributed by atoms with van der Waals surface area (Å²) in [5, 5.41) is 3.95. The van der Waals surface area contributed by atoms with Gasteiger partial charge in [-0.25, -0.2) is 0 Å². The molecule has 2 atom stereocenters. The second-order valence-corrected chi connectivity index (χ2v) is 8.05. The highest BCUT2D eigenvalue weighted by molar-refractivity contribution is 5.02. The van der Waals surface area contributed by atoms with Gasteiger partial charge in [-0.1, -0.05) is 59.3 Å². The van der Waals surface area contributed by atoms with Crippen molar-refractivity contribution >= 4 is 0 Å². The molecule has 2 aliphatic rings. The Hall–Kier alpha value is -0.0800. The quantitative estimate of drug-likeness (QED) is 0.691. The Morgan fingerprint density at radius 1 is 1.10 bits per heavy atom. The minimum atomic E-state index is 0.461. The van der Waals surface area contributed by atoms with E-state index in [9.17, 15) is 0 Å². The SMILES string of the molecule is CCCCCCC(C)N1CC2(CCCC2)NCC1C(C)C. The fourth-order valence-electron chi connectivity index (χ4n) is 4.48. The smallest absolute Gasteiger partial charge is 0.0309 e. The van der Waals surface area contributed by atoms with Gasteiger partial charge in [0.05, 0.1) is 0 Å². The number of nitrogens with one attached hydrogen (secondary N) is 1. The van der Waals surface area contributed by atoms with Crippen molar-refractivity contribution in [2.75, 3.05) is 13.1 Å². The van der Waals surface area contributed by atoms with E-state index in [4.69, 9.17) is 0 Å². The number of rotatable bonds is 7. The average molecular weight is 295 g/mol. The molecule has 1 saturated carbocycles. The molecule has 2 fully saturated rings. The van der Waals surface area contributed by atoms with Crippen LogP contribution in [-0.4, -0.2) is 35.6 Å². The average Bonchev–Trinajstić information content (AvgIpc) is 2.91. The Morgan fingerprint density at radius 2 is 1.81 bits per heavy atom. The van der Waals surface area contributed by atoms with E-state index < -0.39 is 0 Å². The molecular formula is C19H38N2. The first-order chi connectivity index (χ1) is 10.1. The molecule has 0 aromatic heterocycles. The number of nitrogens with zero attached hydrogens (tertiary/aromatic N) is 1. The molecule has 0 radical (unpaired) electrons. The maximum absolute atomic E-state index is 3.95. The normalized spacial score (nSPS) is 27.6. The van der Waals surface area contributed by atoms with E-state index in [1.807, 2.05) is 0 Å². The van der Waals surface area contributed by atoms with E-state index in [-0.39, 0.29) is 0 Å². The van der Waals surface area contributed by atoms with Crippen LogP contribution < -0.4 is 5.32 Å². The van der Waals surface area contributed by atoms with E-state index in [2.05, 4.69) is 37.9 Å². The van der Waals surface area contributed by atoms with Gasteiger partial charge in [-0.3, -0.25) is 4.90 Å². The minimum Gasteiger partial charge on any atom is -0.308 e. The summed E-state index contributed by atoms with van der Waals surface area (Å²) in [7, 11) is 0. The first-order valence-electron chi connectivity index (χ1n) is 9.59. The fraction of sp³-hybridized carbons (Fsp3) is 1.00. The van der Waals surface area contributed by atoms with Crippen molar-refractivity contribution < 1.29 is 0 Å². The van der Waals surface area contributed by atoms with Gasteiger partial charge in [-0.2, -0.15) is 0 Å². The molecule has 2 nitrogen and oxygen atoms in total. The van der Waals surface area contributed by atoms with Crippen molar-refractivity contribution in [3.63, 3.8) is 0 Å². The first-order valence-corrected chi connectivity index (χ1v) is 9.59. The number of unbranched alkanes of at least 4 members (excludes halogenated alkanes) is 3. The monoisotopic (exact) mass is 294 g/mol. The van der Waals surface area contributed by atoms with E-state index in [1.54, 1.807) is 0 Å². The third kappa shape index (κ3) is 4.45. The van der Waals surface area contributed by atoms with Gasteiger partial charge in [0.1, 0.15) is 0 Å². The lowest BCUT2D eigenvalue weighted by Crippen LogP contribution is -2.66. The van der Waals surface area contributed by atoms with Crippen LogP contribution in [0.4, 0.5) is 0 Å². The van der Waals surface area contributed by atoms with Crippen LogP contribution in [0.5, 0.6) is 0 Å². The van der Waals surface area contributed by atoms with Crippen LogP contribution in [0, 0.1) is 5.92 Å². The summed E-state index contributed by atoms with van der Waals surface area (Å²) in [6.07, 6.45) is 12.6. The second kappa shape index (κ2) is 7.97. The molecule has 0 bridgehead atoms. The van der Waals surface area contributed by atoms with Crippen LogP contribution in [0.3, 0.4) is 0 Å². The zero-order chi connectivity index (χ0) is 15.3. The van der Waals surface area contributed by atoms with Crippen LogP contribution >= 0.6 is 0 Å².